The van der Waals surface area contributed by atoms with Gasteiger partial charge in [0.15, 0.2) is 0 Å². The Morgan fingerprint density at radius 1 is 1.44 bits per heavy atom. The van der Waals surface area contributed by atoms with E-state index < -0.39 is 5.97 Å². The van der Waals surface area contributed by atoms with Crippen LogP contribution in [0.1, 0.15) is 16.8 Å². The van der Waals surface area contributed by atoms with Gasteiger partial charge in [0.25, 0.3) is 0 Å². The number of esters is 1. The van der Waals surface area contributed by atoms with Gasteiger partial charge in [0.1, 0.15) is 0 Å². The van der Waals surface area contributed by atoms with E-state index in [0.717, 1.165) is 0 Å². The fourth-order valence-corrected chi connectivity index (χ4v) is 1.48. The second kappa shape index (κ2) is 7.92. The summed E-state index contributed by atoms with van der Waals surface area (Å²) in [7, 11) is 1.27. The SMILES string of the molecule is COC(=O)c1ccc(NC(=O)CCN)cc1Cl.Cl. The van der Waals surface area contributed by atoms with Crippen LogP contribution in [0, 0.1) is 0 Å². The van der Waals surface area contributed by atoms with Crippen molar-refractivity contribution < 1.29 is 14.3 Å². The Labute approximate surface area is 116 Å². The number of nitrogens with two attached hydrogens (primary N) is 1. The van der Waals surface area contributed by atoms with Gasteiger partial charge in [-0.3, -0.25) is 4.79 Å². The third kappa shape index (κ3) is 4.52. The second-order valence-electron chi connectivity index (χ2n) is 3.27. The molecule has 0 spiro atoms. The predicted molar refractivity (Wildman–Crippen MR) is 72.3 cm³/mol. The first-order chi connectivity index (χ1) is 8.08. The summed E-state index contributed by atoms with van der Waals surface area (Å²) in [4.78, 5) is 22.5. The number of carbonyl (C=O) groups is 2. The molecule has 0 saturated heterocycles. The highest BCUT2D eigenvalue weighted by Crippen LogP contribution is 2.21. The van der Waals surface area contributed by atoms with Gasteiger partial charge in [0.2, 0.25) is 5.91 Å². The molecule has 0 heterocycles. The standard InChI is InChI=1S/C11H13ClN2O3.ClH/c1-17-11(16)8-3-2-7(6-9(8)12)14-10(15)4-5-13;/h2-3,6H,4-5,13H2,1H3,(H,14,15);1H. The van der Waals surface area contributed by atoms with Crippen molar-refractivity contribution in [3.05, 3.63) is 28.8 Å². The monoisotopic (exact) mass is 292 g/mol. The third-order valence-corrected chi connectivity index (χ3v) is 2.34. The molecule has 0 aliphatic heterocycles. The molecule has 0 saturated carbocycles. The first-order valence-electron chi connectivity index (χ1n) is 4.96. The van der Waals surface area contributed by atoms with E-state index in [2.05, 4.69) is 10.1 Å². The zero-order valence-corrected chi connectivity index (χ0v) is 11.3. The van der Waals surface area contributed by atoms with Crippen LogP contribution in [0.25, 0.3) is 0 Å². The van der Waals surface area contributed by atoms with E-state index in [9.17, 15) is 9.59 Å². The number of methoxy groups -OCH3 is 1. The van der Waals surface area contributed by atoms with Crippen LogP contribution >= 0.6 is 24.0 Å². The van der Waals surface area contributed by atoms with Gasteiger partial charge in [-0.1, -0.05) is 11.6 Å². The molecular weight excluding hydrogens is 279 g/mol. The van der Waals surface area contributed by atoms with E-state index in [-0.39, 0.29) is 41.9 Å². The smallest absolute Gasteiger partial charge is 0.339 e. The molecule has 0 bridgehead atoms. The van der Waals surface area contributed by atoms with Crippen molar-refractivity contribution >= 4 is 41.6 Å². The molecule has 18 heavy (non-hydrogen) atoms. The van der Waals surface area contributed by atoms with Gasteiger partial charge in [0, 0.05) is 18.7 Å². The molecule has 0 aliphatic rings. The Morgan fingerprint density at radius 2 is 2.11 bits per heavy atom. The largest absolute Gasteiger partial charge is 0.465 e. The van der Waals surface area contributed by atoms with Crippen molar-refractivity contribution in [2.45, 2.75) is 6.42 Å². The lowest BCUT2D eigenvalue weighted by Gasteiger charge is -2.07. The highest BCUT2D eigenvalue weighted by molar-refractivity contribution is 6.33. The summed E-state index contributed by atoms with van der Waals surface area (Å²) < 4.78 is 4.55. The van der Waals surface area contributed by atoms with Gasteiger partial charge in [-0.05, 0) is 18.2 Å². The number of amides is 1. The minimum atomic E-state index is -0.519. The Kier molecular flexibility index (Phi) is 7.35. The fraction of sp³-hybridized carbons (Fsp3) is 0.273. The van der Waals surface area contributed by atoms with Gasteiger partial charge < -0.3 is 15.8 Å². The molecule has 0 fully saturated rings. The molecule has 3 N–H and O–H groups in total. The molecule has 0 unspecified atom stereocenters. The van der Waals surface area contributed by atoms with Crippen molar-refractivity contribution in [2.24, 2.45) is 5.73 Å². The number of carbonyl (C=O) groups excluding carboxylic acids is 2. The molecule has 7 heteroatoms. The van der Waals surface area contributed by atoms with Gasteiger partial charge in [-0.15, -0.1) is 12.4 Å². The number of halogens is 2. The number of nitrogens with one attached hydrogen (secondary N) is 1. The lowest BCUT2D eigenvalue weighted by Crippen LogP contribution is -2.16. The molecular formula is C11H14Cl2N2O3. The first-order valence-corrected chi connectivity index (χ1v) is 5.34. The zero-order chi connectivity index (χ0) is 12.8. The van der Waals surface area contributed by atoms with Crippen molar-refractivity contribution in [1.29, 1.82) is 0 Å². The molecule has 1 rings (SSSR count). The number of hydrogen-bond acceptors (Lipinski definition) is 4. The topological polar surface area (TPSA) is 81.4 Å². The number of ether oxygens (including phenoxy) is 1. The van der Waals surface area contributed by atoms with Crippen LogP contribution in [0.2, 0.25) is 5.02 Å². The van der Waals surface area contributed by atoms with Crippen LogP contribution in [0.5, 0.6) is 0 Å². The summed E-state index contributed by atoms with van der Waals surface area (Å²) in [5, 5.41) is 2.84. The summed E-state index contributed by atoms with van der Waals surface area (Å²) in [6.45, 7) is 0.278. The molecule has 1 aromatic rings. The van der Waals surface area contributed by atoms with Crippen LogP contribution in [0.15, 0.2) is 18.2 Å². The molecule has 5 nitrogen and oxygen atoms in total. The average molecular weight is 293 g/mol. The average Bonchev–Trinajstić information content (AvgIpc) is 2.28. The van der Waals surface area contributed by atoms with Gasteiger partial charge in [0.05, 0.1) is 17.7 Å². The Hall–Kier alpha value is -1.30. The van der Waals surface area contributed by atoms with Crippen LogP contribution in [-0.2, 0) is 9.53 Å². The lowest BCUT2D eigenvalue weighted by atomic mass is 10.2. The van der Waals surface area contributed by atoms with E-state index in [1.54, 1.807) is 6.07 Å². The fourth-order valence-electron chi connectivity index (χ4n) is 1.22. The van der Waals surface area contributed by atoms with Crippen molar-refractivity contribution in [2.75, 3.05) is 19.0 Å². The van der Waals surface area contributed by atoms with Crippen LogP contribution in [0.4, 0.5) is 5.69 Å². The summed E-state index contributed by atoms with van der Waals surface area (Å²) in [6, 6.07) is 4.56. The molecule has 0 atom stereocenters. The van der Waals surface area contributed by atoms with Crippen molar-refractivity contribution in [3.63, 3.8) is 0 Å². The zero-order valence-electron chi connectivity index (χ0n) is 9.73. The summed E-state index contributed by atoms with van der Waals surface area (Å²) in [6.07, 6.45) is 0.233. The van der Waals surface area contributed by atoms with Crippen LogP contribution in [-0.4, -0.2) is 25.5 Å². The van der Waals surface area contributed by atoms with E-state index in [1.807, 2.05) is 0 Å². The third-order valence-electron chi connectivity index (χ3n) is 2.03. The molecule has 1 aromatic carbocycles. The summed E-state index contributed by atoms with van der Waals surface area (Å²) >= 11 is 5.89. The van der Waals surface area contributed by atoms with Gasteiger partial charge in [-0.2, -0.15) is 0 Å². The lowest BCUT2D eigenvalue weighted by molar-refractivity contribution is -0.116. The van der Waals surface area contributed by atoms with E-state index in [1.165, 1.54) is 19.2 Å². The number of rotatable bonds is 4. The van der Waals surface area contributed by atoms with E-state index >= 15 is 0 Å². The maximum absolute atomic E-state index is 11.3. The molecule has 0 aromatic heterocycles. The highest BCUT2D eigenvalue weighted by Gasteiger charge is 2.11. The molecule has 1 amide bonds. The number of anilines is 1. The Bertz CT molecular complexity index is 438. The van der Waals surface area contributed by atoms with Gasteiger partial charge in [-0.25, -0.2) is 4.79 Å². The minimum absolute atomic E-state index is 0. The normalized spacial score (nSPS) is 9.28. The van der Waals surface area contributed by atoms with Crippen molar-refractivity contribution in [3.8, 4) is 0 Å². The number of benzene rings is 1. The summed E-state index contributed by atoms with van der Waals surface area (Å²) in [5.41, 5.74) is 6.02. The maximum Gasteiger partial charge on any atom is 0.339 e. The predicted octanol–water partition coefficient (Wildman–Crippen LogP) is 1.84. The van der Waals surface area contributed by atoms with E-state index in [4.69, 9.17) is 17.3 Å². The van der Waals surface area contributed by atoms with Crippen LogP contribution in [0.3, 0.4) is 0 Å². The highest BCUT2D eigenvalue weighted by atomic mass is 35.5. The summed E-state index contributed by atoms with van der Waals surface area (Å²) in [5.74, 6) is -0.718. The molecule has 100 valence electrons. The number of hydrogen-bond donors (Lipinski definition) is 2. The Balaban J connectivity index is 0.00000289. The second-order valence-corrected chi connectivity index (χ2v) is 3.68. The van der Waals surface area contributed by atoms with Gasteiger partial charge >= 0.3 is 5.97 Å². The maximum atomic E-state index is 11.3. The molecule has 0 aliphatic carbocycles. The van der Waals surface area contributed by atoms with E-state index in [0.29, 0.717) is 5.69 Å². The quantitative estimate of drug-likeness (QED) is 0.830. The minimum Gasteiger partial charge on any atom is -0.465 e. The van der Waals surface area contributed by atoms with Crippen molar-refractivity contribution in [1.82, 2.24) is 0 Å². The van der Waals surface area contributed by atoms with Crippen LogP contribution < -0.4 is 11.1 Å². The molecule has 0 radical (unpaired) electrons. The first kappa shape index (κ1) is 16.7. The Morgan fingerprint density at radius 3 is 2.61 bits per heavy atom.